The SMILES string of the molecule is COCC(=O)N[C@@H]1CCCC[C@@]12CN(Cc1ccc3c(c1)CCO3)CCO2. The van der Waals surface area contributed by atoms with Crippen LogP contribution in [0, 0.1) is 0 Å². The Hall–Kier alpha value is -1.63. The lowest BCUT2D eigenvalue weighted by atomic mass is 9.78. The first-order chi connectivity index (χ1) is 13.2. The normalized spacial score (nSPS) is 28.0. The van der Waals surface area contributed by atoms with Crippen LogP contribution in [0.3, 0.4) is 0 Å². The zero-order chi connectivity index (χ0) is 18.7. The Morgan fingerprint density at radius 3 is 3.19 bits per heavy atom. The van der Waals surface area contributed by atoms with Crippen molar-refractivity contribution in [1.29, 1.82) is 0 Å². The first-order valence-electron chi connectivity index (χ1n) is 10.1. The van der Waals surface area contributed by atoms with Crippen LogP contribution in [0.2, 0.25) is 0 Å². The molecule has 6 nitrogen and oxygen atoms in total. The summed E-state index contributed by atoms with van der Waals surface area (Å²) in [6, 6.07) is 6.61. The van der Waals surface area contributed by atoms with Crippen molar-refractivity contribution in [3.63, 3.8) is 0 Å². The number of morpholine rings is 1. The standard InChI is InChI=1S/C21H30N2O4/c1-25-14-20(24)22-19-4-2-3-8-21(19)15-23(9-11-27-21)13-16-5-6-18-17(12-16)7-10-26-18/h5-6,12,19H,2-4,7-11,13-15H2,1H3,(H,22,24)/t19-,21-/m1/s1. The zero-order valence-electron chi connectivity index (χ0n) is 16.2. The number of carbonyl (C=O) groups is 1. The molecule has 4 rings (SSSR count). The van der Waals surface area contributed by atoms with Crippen molar-refractivity contribution in [3.8, 4) is 5.75 Å². The minimum absolute atomic E-state index is 0.0527. The summed E-state index contributed by atoms with van der Waals surface area (Å²) < 4.78 is 16.9. The summed E-state index contributed by atoms with van der Waals surface area (Å²) >= 11 is 0. The van der Waals surface area contributed by atoms with Crippen LogP contribution in [0.25, 0.3) is 0 Å². The van der Waals surface area contributed by atoms with Gasteiger partial charge >= 0.3 is 0 Å². The summed E-state index contributed by atoms with van der Waals surface area (Å²) in [6.07, 6.45) is 5.26. The summed E-state index contributed by atoms with van der Waals surface area (Å²) in [4.78, 5) is 14.6. The van der Waals surface area contributed by atoms with Crippen molar-refractivity contribution in [2.24, 2.45) is 0 Å². The molecule has 1 saturated carbocycles. The lowest BCUT2D eigenvalue weighted by Gasteiger charge is -2.49. The molecular formula is C21H30N2O4. The number of ether oxygens (including phenoxy) is 3. The van der Waals surface area contributed by atoms with E-state index in [0.717, 1.165) is 64.1 Å². The third-order valence-corrected chi connectivity index (χ3v) is 6.04. The Morgan fingerprint density at radius 1 is 1.37 bits per heavy atom. The van der Waals surface area contributed by atoms with E-state index >= 15 is 0 Å². The van der Waals surface area contributed by atoms with Gasteiger partial charge in [-0.15, -0.1) is 0 Å². The van der Waals surface area contributed by atoms with Crippen LogP contribution in [0.1, 0.15) is 36.8 Å². The maximum atomic E-state index is 12.1. The average Bonchev–Trinajstić information content (AvgIpc) is 3.12. The molecule has 27 heavy (non-hydrogen) atoms. The highest BCUT2D eigenvalue weighted by atomic mass is 16.5. The molecule has 1 amide bonds. The van der Waals surface area contributed by atoms with Gasteiger partial charge in [0.25, 0.3) is 0 Å². The number of rotatable bonds is 5. The molecule has 1 saturated heterocycles. The topological polar surface area (TPSA) is 60.0 Å². The van der Waals surface area contributed by atoms with Gasteiger partial charge in [-0.25, -0.2) is 0 Å². The number of nitrogens with zero attached hydrogens (tertiary/aromatic N) is 1. The Morgan fingerprint density at radius 2 is 2.30 bits per heavy atom. The Balaban J connectivity index is 1.44. The minimum Gasteiger partial charge on any atom is -0.493 e. The van der Waals surface area contributed by atoms with Gasteiger partial charge in [-0.3, -0.25) is 9.69 Å². The van der Waals surface area contributed by atoms with Gasteiger partial charge in [0.1, 0.15) is 18.0 Å². The number of hydrogen-bond donors (Lipinski definition) is 1. The third kappa shape index (κ3) is 4.13. The van der Waals surface area contributed by atoms with E-state index in [0.29, 0.717) is 6.61 Å². The molecule has 6 heteroatoms. The maximum absolute atomic E-state index is 12.1. The molecule has 1 aliphatic carbocycles. The fourth-order valence-electron chi connectivity index (χ4n) is 4.76. The molecule has 2 heterocycles. The highest BCUT2D eigenvalue weighted by Crippen LogP contribution is 2.35. The van der Waals surface area contributed by atoms with Crippen molar-refractivity contribution in [2.45, 2.75) is 50.3 Å². The molecule has 1 aromatic rings. The van der Waals surface area contributed by atoms with Gasteiger partial charge in [0.2, 0.25) is 5.91 Å². The van der Waals surface area contributed by atoms with Crippen molar-refractivity contribution in [3.05, 3.63) is 29.3 Å². The van der Waals surface area contributed by atoms with Crippen LogP contribution in [0.15, 0.2) is 18.2 Å². The quantitative estimate of drug-likeness (QED) is 0.853. The molecular weight excluding hydrogens is 344 g/mol. The van der Waals surface area contributed by atoms with E-state index in [1.165, 1.54) is 11.1 Å². The lowest BCUT2D eigenvalue weighted by Crippen LogP contribution is -2.64. The van der Waals surface area contributed by atoms with E-state index in [2.05, 4.69) is 28.4 Å². The molecule has 0 bridgehead atoms. The van der Waals surface area contributed by atoms with Crippen LogP contribution in [-0.4, -0.2) is 62.5 Å². The smallest absolute Gasteiger partial charge is 0.246 e. The molecule has 1 aromatic carbocycles. The molecule has 0 unspecified atom stereocenters. The summed E-state index contributed by atoms with van der Waals surface area (Å²) in [5.41, 5.74) is 2.37. The van der Waals surface area contributed by atoms with Crippen molar-refractivity contribution in [2.75, 3.05) is 40.0 Å². The van der Waals surface area contributed by atoms with Gasteiger partial charge in [-0.05, 0) is 30.0 Å². The summed E-state index contributed by atoms with van der Waals surface area (Å²) in [5, 5.41) is 3.17. The number of fused-ring (bicyclic) bond motifs is 1. The molecule has 2 fully saturated rings. The van der Waals surface area contributed by atoms with E-state index < -0.39 is 0 Å². The highest BCUT2D eigenvalue weighted by Gasteiger charge is 2.45. The van der Waals surface area contributed by atoms with E-state index in [-0.39, 0.29) is 24.2 Å². The van der Waals surface area contributed by atoms with Gasteiger partial charge in [-0.1, -0.05) is 25.0 Å². The monoisotopic (exact) mass is 374 g/mol. The molecule has 0 radical (unpaired) electrons. The van der Waals surface area contributed by atoms with Gasteiger partial charge in [0, 0.05) is 33.2 Å². The van der Waals surface area contributed by atoms with E-state index in [1.807, 2.05) is 0 Å². The van der Waals surface area contributed by atoms with Gasteiger partial charge < -0.3 is 19.5 Å². The van der Waals surface area contributed by atoms with E-state index in [1.54, 1.807) is 7.11 Å². The molecule has 148 valence electrons. The van der Waals surface area contributed by atoms with Crippen molar-refractivity contribution >= 4 is 5.91 Å². The second kappa shape index (κ2) is 8.17. The molecule has 1 spiro atoms. The number of benzene rings is 1. The van der Waals surface area contributed by atoms with Crippen LogP contribution >= 0.6 is 0 Å². The molecule has 1 N–H and O–H groups in total. The van der Waals surface area contributed by atoms with Crippen molar-refractivity contribution < 1.29 is 19.0 Å². The summed E-state index contributed by atoms with van der Waals surface area (Å²) in [6.45, 7) is 4.31. The molecule has 3 aliphatic rings. The van der Waals surface area contributed by atoms with Crippen LogP contribution in [0.4, 0.5) is 0 Å². The van der Waals surface area contributed by atoms with Gasteiger partial charge in [0.05, 0.1) is 19.3 Å². The summed E-state index contributed by atoms with van der Waals surface area (Å²) in [7, 11) is 1.55. The number of hydrogen-bond acceptors (Lipinski definition) is 5. The van der Waals surface area contributed by atoms with Crippen molar-refractivity contribution in [1.82, 2.24) is 10.2 Å². The van der Waals surface area contributed by atoms with Gasteiger partial charge in [-0.2, -0.15) is 0 Å². The van der Waals surface area contributed by atoms with Crippen LogP contribution < -0.4 is 10.1 Å². The molecule has 0 aromatic heterocycles. The van der Waals surface area contributed by atoms with E-state index in [4.69, 9.17) is 14.2 Å². The second-order valence-electron chi connectivity index (χ2n) is 7.96. The minimum atomic E-state index is -0.278. The Bertz CT molecular complexity index is 676. The fraction of sp³-hybridized carbons (Fsp3) is 0.667. The predicted molar refractivity (Wildman–Crippen MR) is 102 cm³/mol. The Kier molecular flexibility index (Phi) is 5.66. The number of amides is 1. The zero-order valence-corrected chi connectivity index (χ0v) is 16.2. The number of carbonyl (C=O) groups excluding carboxylic acids is 1. The fourth-order valence-corrected chi connectivity index (χ4v) is 4.76. The largest absolute Gasteiger partial charge is 0.493 e. The van der Waals surface area contributed by atoms with Crippen LogP contribution in [-0.2, 0) is 27.2 Å². The molecule has 2 atom stereocenters. The predicted octanol–water partition coefficient (Wildman–Crippen LogP) is 1.90. The number of nitrogens with one attached hydrogen (secondary N) is 1. The van der Waals surface area contributed by atoms with Crippen LogP contribution in [0.5, 0.6) is 5.75 Å². The number of methoxy groups -OCH3 is 1. The van der Waals surface area contributed by atoms with Gasteiger partial charge in [0.15, 0.2) is 0 Å². The maximum Gasteiger partial charge on any atom is 0.246 e. The second-order valence-corrected chi connectivity index (χ2v) is 7.96. The first-order valence-corrected chi connectivity index (χ1v) is 10.1. The highest BCUT2D eigenvalue weighted by molar-refractivity contribution is 5.77. The van der Waals surface area contributed by atoms with E-state index in [9.17, 15) is 4.79 Å². The first kappa shape index (κ1) is 18.7. The lowest BCUT2D eigenvalue weighted by molar-refractivity contribution is -0.152. The third-order valence-electron chi connectivity index (χ3n) is 6.04. The average molecular weight is 374 g/mol. The Labute approximate surface area is 161 Å². The summed E-state index contributed by atoms with van der Waals surface area (Å²) in [5.74, 6) is 0.980. The molecule has 2 aliphatic heterocycles.